The van der Waals surface area contributed by atoms with E-state index in [4.69, 9.17) is 0 Å². The van der Waals surface area contributed by atoms with Crippen LogP contribution in [0.25, 0.3) is 0 Å². The van der Waals surface area contributed by atoms with E-state index in [1.807, 2.05) is 6.92 Å². The van der Waals surface area contributed by atoms with Crippen LogP contribution in [0.5, 0.6) is 0 Å². The zero-order valence-electron chi connectivity index (χ0n) is 10.3. The maximum absolute atomic E-state index is 13.6. The number of alkyl halides is 1. The van der Waals surface area contributed by atoms with Crippen LogP contribution in [0.3, 0.4) is 0 Å². The third kappa shape index (κ3) is 2.94. The predicted octanol–water partition coefficient (Wildman–Crippen LogP) is 3.35. The fourth-order valence-corrected chi connectivity index (χ4v) is 2.73. The maximum Gasteiger partial charge on any atom is 0.259 e. The molecule has 0 N–H and O–H groups in total. The number of hydrogen-bond donors (Lipinski definition) is 0. The molecule has 1 amide bonds. The smallest absolute Gasteiger partial charge is 0.259 e. The summed E-state index contributed by atoms with van der Waals surface area (Å²) in [4.78, 5) is 13.6. The molecule has 1 saturated heterocycles. The summed E-state index contributed by atoms with van der Waals surface area (Å²) in [6.07, 6.45) is 0.756. The van der Waals surface area contributed by atoms with Gasteiger partial charge >= 0.3 is 0 Å². The highest BCUT2D eigenvalue weighted by molar-refractivity contribution is 9.09. The van der Waals surface area contributed by atoms with Crippen molar-refractivity contribution in [1.29, 1.82) is 0 Å². The summed E-state index contributed by atoms with van der Waals surface area (Å²) in [5, 5.41) is 0. The zero-order chi connectivity index (χ0) is 14.2. The number of halogens is 4. The Kier molecular flexibility index (Phi) is 4.18. The topological polar surface area (TPSA) is 20.3 Å². The number of piperidine rings is 1. The maximum atomic E-state index is 13.6. The number of nitrogens with zero attached hydrogens (tertiary/aromatic N) is 1. The molecule has 0 spiro atoms. The van der Waals surface area contributed by atoms with Gasteiger partial charge in [-0.1, -0.05) is 22.9 Å². The molecule has 0 bridgehead atoms. The van der Waals surface area contributed by atoms with E-state index in [2.05, 4.69) is 15.9 Å². The van der Waals surface area contributed by atoms with Gasteiger partial charge in [-0.3, -0.25) is 4.79 Å². The van der Waals surface area contributed by atoms with Gasteiger partial charge in [0.1, 0.15) is 23.0 Å². The van der Waals surface area contributed by atoms with Crippen molar-refractivity contribution in [1.82, 2.24) is 4.90 Å². The summed E-state index contributed by atoms with van der Waals surface area (Å²) >= 11 is 3.44. The first-order valence-corrected chi connectivity index (χ1v) is 6.89. The molecule has 1 aliphatic rings. The first kappa shape index (κ1) is 14.4. The van der Waals surface area contributed by atoms with Crippen LogP contribution in [0, 0.1) is 23.4 Å². The van der Waals surface area contributed by atoms with Crippen molar-refractivity contribution in [2.24, 2.45) is 5.92 Å². The van der Waals surface area contributed by atoms with E-state index >= 15 is 0 Å². The summed E-state index contributed by atoms with van der Waals surface area (Å²) in [5.41, 5.74) is -0.685. The van der Waals surface area contributed by atoms with Gasteiger partial charge in [0.05, 0.1) is 0 Å². The van der Waals surface area contributed by atoms with Crippen molar-refractivity contribution in [3.63, 3.8) is 0 Å². The normalized spacial score (nSPS) is 23.5. The summed E-state index contributed by atoms with van der Waals surface area (Å²) in [6.45, 7) is 2.87. The predicted molar refractivity (Wildman–Crippen MR) is 68.7 cm³/mol. The van der Waals surface area contributed by atoms with Gasteiger partial charge in [0.25, 0.3) is 5.91 Å². The fourth-order valence-electron chi connectivity index (χ4n) is 2.11. The van der Waals surface area contributed by atoms with Gasteiger partial charge in [-0.15, -0.1) is 0 Å². The van der Waals surface area contributed by atoms with Crippen molar-refractivity contribution in [3.8, 4) is 0 Å². The van der Waals surface area contributed by atoms with Crippen molar-refractivity contribution < 1.29 is 18.0 Å². The average molecular weight is 336 g/mol. The Morgan fingerprint density at radius 2 is 1.89 bits per heavy atom. The lowest BCUT2D eigenvalue weighted by molar-refractivity contribution is 0.0696. The van der Waals surface area contributed by atoms with Crippen LogP contribution in [-0.2, 0) is 0 Å². The monoisotopic (exact) mass is 335 g/mol. The molecule has 19 heavy (non-hydrogen) atoms. The molecule has 0 saturated carbocycles. The van der Waals surface area contributed by atoms with Crippen molar-refractivity contribution in [2.75, 3.05) is 13.1 Å². The lowest BCUT2D eigenvalue weighted by atomic mass is 9.98. The van der Waals surface area contributed by atoms with E-state index in [-0.39, 0.29) is 4.83 Å². The van der Waals surface area contributed by atoms with E-state index in [0.717, 1.165) is 6.42 Å². The van der Waals surface area contributed by atoms with Crippen LogP contribution in [-0.4, -0.2) is 28.7 Å². The van der Waals surface area contributed by atoms with Crippen LogP contribution >= 0.6 is 15.9 Å². The molecule has 0 aromatic heterocycles. The average Bonchev–Trinajstić information content (AvgIpc) is 2.31. The standard InChI is InChI=1S/C13H13BrF3NO/c1-7-2-3-18(6-9(7)14)13(19)12-10(16)4-8(15)5-11(12)17/h4-5,7,9H,2-3,6H2,1H3. The highest BCUT2D eigenvalue weighted by Crippen LogP contribution is 2.25. The van der Waals surface area contributed by atoms with Gasteiger partial charge in [0.15, 0.2) is 0 Å². The Bertz CT molecular complexity index is 486. The third-order valence-electron chi connectivity index (χ3n) is 3.37. The highest BCUT2D eigenvalue weighted by Gasteiger charge is 2.30. The lowest BCUT2D eigenvalue weighted by Crippen LogP contribution is -2.44. The molecule has 2 nitrogen and oxygen atoms in total. The number of amides is 1. The van der Waals surface area contributed by atoms with Gasteiger partial charge in [-0.2, -0.15) is 0 Å². The van der Waals surface area contributed by atoms with Gasteiger partial charge in [-0.05, 0) is 12.3 Å². The molecule has 1 aliphatic heterocycles. The largest absolute Gasteiger partial charge is 0.337 e. The minimum Gasteiger partial charge on any atom is -0.337 e. The van der Waals surface area contributed by atoms with Crippen LogP contribution in [0.2, 0.25) is 0 Å². The summed E-state index contributed by atoms with van der Waals surface area (Å²) < 4.78 is 39.9. The van der Waals surface area contributed by atoms with E-state index in [1.54, 1.807) is 0 Å². The van der Waals surface area contributed by atoms with Crippen molar-refractivity contribution >= 4 is 21.8 Å². The number of benzene rings is 1. The minimum absolute atomic E-state index is 0.0942. The Morgan fingerprint density at radius 1 is 1.32 bits per heavy atom. The second-order valence-electron chi connectivity index (χ2n) is 4.78. The van der Waals surface area contributed by atoms with Crippen LogP contribution < -0.4 is 0 Å². The first-order chi connectivity index (χ1) is 8.90. The zero-order valence-corrected chi connectivity index (χ0v) is 11.9. The Morgan fingerprint density at radius 3 is 2.42 bits per heavy atom. The summed E-state index contributed by atoms with van der Waals surface area (Å²) in [7, 11) is 0. The van der Waals surface area contributed by atoms with E-state index < -0.39 is 28.9 Å². The third-order valence-corrected chi connectivity index (χ3v) is 4.57. The first-order valence-electron chi connectivity index (χ1n) is 5.98. The van der Waals surface area contributed by atoms with Crippen molar-refractivity contribution in [3.05, 3.63) is 35.1 Å². The molecule has 0 aliphatic carbocycles. The van der Waals surface area contributed by atoms with Crippen LogP contribution in [0.4, 0.5) is 13.2 Å². The highest BCUT2D eigenvalue weighted by atomic mass is 79.9. The molecular weight excluding hydrogens is 323 g/mol. The molecule has 1 heterocycles. The molecule has 6 heteroatoms. The summed E-state index contributed by atoms with van der Waals surface area (Å²) in [6, 6.07) is 1.04. The molecule has 104 valence electrons. The molecule has 1 aromatic carbocycles. The quantitative estimate of drug-likeness (QED) is 0.721. The van der Waals surface area contributed by atoms with Gasteiger partial charge < -0.3 is 4.90 Å². The van der Waals surface area contributed by atoms with Gasteiger partial charge in [-0.25, -0.2) is 13.2 Å². The van der Waals surface area contributed by atoms with Gasteiger partial charge in [0.2, 0.25) is 0 Å². The minimum atomic E-state index is -1.16. The van der Waals surface area contributed by atoms with Crippen molar-refractivity contribution in [2.45, 2.75) is 18.2 Å². The van der Waals surface area contributed by atoms with E-state index in [1.165, 1.54) is 4.90 Å². The number of likely N-dealkylation sites (tertiary alicyclic amines) is 1. The van der Waals surface area contributed by atoms with Crippen LogP contribution in [0.15, 0.2) is 12.1 Å². The number of rotatable bonds is 1. The molecule has 0 radical (unpaired) electrons. The number of hydrogen-bond acceptors (Lipinski definition) is 1. The van der Waals surface area contributed by atoms with Crippen LogP contribution in [0.1, 0.15) is 23.7 Å². The molecular formula is C13H13BrF3NO. The summed E-state index contributed by atoms with van der Waals surface area (Å²) in [5.74, 6) is -3.69. The molecule has 1 aromatic rings. The Hall–Kier alpha value is -1.04. The van der Waals surface area contributed by atoms with E-state index in [9.17, 15) is 18.0 Å². The molecule has 1 fully saturated rings. The fraction of sp³-hybridized carbons (Fsp3) is 0.462. The van der Waals surface area contributed by atoms with E-state index in [0.29, 0.717) is 31.1 Å². The Labute approximate surface area is 117 Å². The Balaban J connectivity index is 2.25. The second-order valence-corrected chi connectivity index (χ2v) is 5.95. The molecule has 2 atom stereocenters. The number of carbonyl (C=O) groups excluding carboxylic acids is 1. The number of carbonyl (C=O) groups is 1. The molecule has 2 unspecified atom stereocenters. The SMILES string of the molecule is CC1CCN(C(=O)c2c(F)cc(F)cc2F)CC1Br. The van der Waals surface area contributed by atoms with Gasteiger partial charge in [0, 0.05) is 30.0 Å². The molecule has 2 rings (SSSR count). The second kappa shape index (κ2) is 5.53. The lowest BCUT2D eigenvalue weighted by Gasteiger charge is -2.34.